The van der Waals surface area contributed by atoms with Crippen LogP contribution in [0.4, 0.5) is 5.69 Å². The van der Waals surface area contributed by atoms with Crippen LogP contribution < -0.4 is 15.0 Å². The second kappa shape index (κ2) is 11.5. The van der Waals surface area contributed by atoms with Gasteiger partial charge in [0.1, 0.15) is 5.75 Å². The van der Waals surface area contributed by atoms with Gasteiger partial charge in [-0.25, -0.2) is 0 Å². The molecule has 26 heavy (non-hydrogen) atoms. The van der Waals surface area contributed by atoms with E-state index in [0.29, 0.717) is 12.3 Å². The summed E-state index contributed by atoms with van der Waals surface area (Å²) in [6.07, 6.45) is 4.20. The van der Waals surface area contributed by atoms with Crippen LogP contribution in [0.3, 0.4) is 0 Å². The minimum absolute atomic E-state index is 0. The van der Waals surface area contributed by atoms with E-state index in [4.69, 9.17) is 4.74 Å². The molecule has 2 aliphatic heterocycles. The molecule has 2 fully saturated rings. The molecule has 0 aliphatic carbocycles. The van der Waals surface area contributed by atoms with E-state index < -0.39 is 0 Å². The molecule has 1 aromatic rings. The maximum atomic E-state index is 12.5. The molecule has 1 N–H and O–H groups in total. The summed E-state index contributed by atoms with van der Waals surface area (Å²) in [5, 5.41) is 3.38. The van der Waals surface area contributed by atoms with E-state index in [1.165, 1.54) is 18.5 Å². The summed E-state index contributed by atoms with van der Waals surface area (Å²) < 4.78 is 5.30. The first kappa shape index (κ1) is 22.9. The number of piperazine rings is 1. The number of nitrogens with zero attached hydrogens (tertiary/aromatic N) is 2. The van der Waals surface area contributed by atoms with Crippen molar-refractivity contribution in [3.63, 3.8) is 0 Å². The molecule has 2 aliphatic rings. The largest absolute Gasteiger partial charge is 0.497 e. The molecule has 1 aromatic carbocycles. The van der Waals surface area contributed by atoms with Gasteiger partial charge in [0.25, 0.3) is 0 Å². The van der Waals surface area contributed by atoms with Crippen LogP contribution >= 0.6 is 24.8 Å². The summed E-state index contributed by atoms with van der Waals surface area (Å²) in [4.78, 5) is 16.8. The minimum atomic E-state index is 0. The molecule has 0 radical (unpaired) electrons. The van der Waals surface area contributed by atoms with Crippen molar-refractivity contribution in [3.05, 3.63) is 24.3 Å². The van der Waals surface area contributed by atoms with Gasteiger partial charge in [-0.15, -0.1) is 24.8 Å². The summed E-state index contributed by atoms with van der Waals surface area (Å²) in [6, 6.07) is 8.15. The number of hydrogen-bond donors (Lipinski definition) is 1. The monoisotopic (exact) mass is 403 g/mol. The molecule has 3 rings (SSSR count). The van der Waals surface area contributed by atoms with E-state index in [-0.39, 0.29) is 24.8 Å². The molecule has 0 unspecified atom stereocenters. The van der Waals surface area contributed by atoms with Crippen molar-refractivity contribution in [3.8, 4) is 5.75 Å². The Morgan fingerprint density at radius 3 is 2.50 bits per heavy atom. The molecular formula is C19H31Cl2N3O2. The molecule has 7 heteroatoms. The second-order valence-corrected chi connectivity index (χ2v) is 6.80. The third-order valence-electron chi connectivity index (χ3n) is 5.28. The van der Waals surface area contributed by atoms with E-state index in [1.54, 1.807) is 7.11 Å². The zero-order valence-corrected chi connectivity index (χ0v) is 17.1. The number of nitrogens with one attached hydrogen (secondary N) is 1. The van der Waals surface area contributed by atoms with Crippen LogP contribution in [0.25, 0.3) is 0 Å². The Labute approximate surface area is 169 Å². The summed E-state index contributed by atoms with van der Waals surface area (Å²) >= 11 is 0. The third-order valence-corrected chi connectivity index (χ3v) is 5.28. The van der Waals surface area contributed by atoms with Crippen LogP contribution in [0, 0.1) is 5.92 Å². The van der Waals surface area contributed by atoms with E-state index in [1.807, 2.05) is 17.0 Å². The second-order valence-electron chi connectivity index (χ2n) is 6.80. The van der Waals surface area contributed by atoms with Crippen LogP contribution in [0.1, 0.15) is 25.7 Å². The van der Waals surface area contributed by atoms with Crippen molar-refractivity contribution >= 4 is 36.4 Å². The summed E-state index contributed by atoms with van der Waals surface area (Å²) in [5.41, 5.74) is 1.18. The Hall–Kier alpha value is -1.17. The highest BCUT2D eigenvalue weighted by Gasteiger charge is 2.22. The number of amides is 1. The molecule has 5 nitrogen and oxygen atoms in total. The van der Waals surface area contributed by atoms with E-state index >= 15 is 0 Å². The summed E-state index contributed by atoms with van der Waals surface area (Å²) in [6.45, 7) is 5.65. The van der Waals surface area contributed by atoms with Gasteiger partial charge in [-0.05, 0) is 50.4 Å². The zero-order chi connectivity index (χ0) is 16.8. The molecule has 1 amide bonds. The Morgan fingerprint density at radius 1 is 1.15 bits per heavy atom. The first-order valence-electron chi connectivity index (χ1n) is 9.14. The Balaban J connectivity index is 0.00000169. The molecule has 0 bridgehead atoms. The standard InChI is InChI=1S/C19H29N3O2.2ClH/c1-24-18-4-2-3-17(15-18)21-11-13-22(14-12-21)19(23)6-5-16-7-9-20-10-8-16;;/h2-4,15-16,20H,5-14H2,1H3;2*1H. The normalized spacial score (nSPS) is 17.9. The minimum Gasteiger partial charge on any atom is -0.497 e. The Morgan fingerprint density at radius 2 is 1.85 bits per heavy atom. The van der Waals surface area contributed by atoms with Crippen molar-refractivity contribution in [1.82, 2.24) is 10.2 Å². The molecule has 2 heterocycles. The van der Waals surface area contributed by atoms with E-state index in [9.17, 15) is 4.79 Å². The first-order valence-corrected chi connectivity index (χ1v) is 9.14. The molecule has 0 saturated carbocycles. The molecular weight excluding hydrogens is 373 g/mol. The first-order chi connectivity index (χ1) is 11.8. The van der Waals surface area contributed by atoms with Crippen LogP contribution in [0.2, 0.25) is 0 Å². The van der Waals surface area contributed by atoms with Crippen molar-refractivity contribution in [2.45, 2.75) is 25.7 Å². The number of ether oxygens (including phenoxy) is 1. The number of rotatable bonds is 5. The smallest absolute Gasteiger partial charge is 0.222 e. The maximum Gasteiger partial charge on any atom is 0.222 e. The highest BCUT2D eigenvalue weighted by molar-refractivity contribution is 5.85. The number of hydrogen-bond acceptors (Lipinski definition) is 4. The maximum absolute atomic E-state index is 12.5. The van der Waals surface area contributed by atoms with Gasteiger partial charge in [-0.3, -0.25) is 4.79 Å². The van der Waals surface area contributed by atoms with Crippen LogP contribution in [0.15, 0.2) is 24.3 Å². The van der Waals surface area contributed by atoms with Gasteiger partial charge < -0.3 is 19.9 Å². The number of anilines is 1. The topological polar surface area (TPSA) is 44.8 Å². The Kier molecular flexibility index (Phi) is 10.1. The Bertz CT molecular complexity index is 545. The fourth-order valence-electron chi connectivity index (χ4n) is 3.68. The van der Waals surface area contributed by atoms with Gasteiger partial charge in [0, 0.05) is 44.4 Å². The molecule has 0 atom stereocenters. The number of carbonyl (C=O) groups excluding carboxylic acids is 1. The van der Waals surface area contributed by atoms with Gasteiger partial charge >= 0.3 is 0 Å². The van der Waals surface area contributed by atoms with E-state index in [2.05, 4.69) is 22.3 Å². The van der Waals surface area contributed by atoms with Crippen LogP contribution in [-0.2, 0) is 4.79 Å². The summed E-state index contributed by atoms with van der Waals surface area (Å²) in [5.74, 6) is 1.94. The highest BCUT2D eigenvalue weighted by atomic mass is 35.5. The lowest BCUT2D eigenvalue weighted by molar-refractivity contribution is -0.131. The molecule has 0 spiro atoms. The lowest BCUT2D eigenvalue weighted by Crippen LogP contribution is -2.48. The number of halogens is 2. The fourth-order valence-corrected chi connectivity index (χ4v) is 3.68. The lowest BCUT2D eigenvalue weighted by atomic mass is 9.93. The molecule has 0 aromatic heterocycles. The summed E-state index contributed by atoms with van der Waals surface area (Å²) in [7, 11) is 1.69. The number of piperidine rings is 1. The fraction of sp³-hybridized carbons (Fsp3) is 0.632. The van der Waals surface area contributed by atoms with Gasteiger partial charge in [0.05, 0.1) is 7.11 Å². The predicted molar refractivity (Wildman–Crippen MR) is 111 cm³/mol. The van der Waals surface area contributed by atoms with Crippen molar-refractivity contribution in [2.75, 3.05) is 51.3 Å². The quantitative estimate of drug-likeness (QED) is 0.820. The molecule has 2 saturated heterocycles. The lowest BCUT2D eigenvalue weighted by Gasteiger charge is -2.36. The molecule has 148 valence electrons. The number of carbonyl (C=O) groups is 1. The van der Waals surface area contributed by atoms with E-state index in [0.717, 1.165) is 57.4 Å². The van der Waals surface area contributed by atoms with Crippen molar-refractivity contribution in [1.29, 1.82) is 0 Å². The van der Waals surface area contributed by atoms with Gasteiger partial charge in [0.15, 0.2) is 0 Å². The van der Waals surface area contributed by atoms with Gasteiger partial charge in [0.2, 0.25) is 5.91 Å². The van der Waals surface area contributed by atoms with Gasteiger partial charge in [-0.2, -0.15) is 0 Å². The van der Waals surface area contributed by atoms with Gasteiger partial charge in [-0.1, -0.05) is 6.07 Å². The zero-order valence-electron chi connectivity index (χ0n) is 15.5. The number of benzene rings is 1. The SMILES string of the molecule is COc1cccc(N2CCN(C(=O)CCC3CCNCC3)CC2)c1.Cl.Cl. The van der Waals surface area contributed by atoms with Crippen molar-refractivity contribution in [2.24, 2.45) is 5.92 Å². The van der Waals surface area contributed by atoms with Crippen molar-refractivity contribution < 1.29 is 9.53 Å². The van der Waals surface area contributed by atoms with Crippen LogP contribution in [0.5, 0.6) is 5.75 Å². The van der Waals surface area contributed by atoms with Crippen LogP contribution in [-0.4, -0.2) is 57.2 Å². The number of methoxy groups -OCH3 is 1. The average Bonchev–Trinajstić information content (AvgIpc) is 2.67. The average molecular weight is 404 g/mol. The third kappa shape index (κ3) is 6.22. The highest BCUT2D eigenvalue weighted by Crippen LogP contribution is 2.23. The predicted octanol–water partition coefficient (Wildman–Crippen LogP) is 2.97.